The van der Waals surface area contributed by atoms with Crippen molar-refractivity contribution in [3.63, 3.8) is 0 Å². The number of anilines is 1. The molecule has 0 atom stereocenters. The Morgan fingerprint density at radius 2 is 2.29 bits per heavy atom. The number of carbonyl (C=O) groups is 1. The van der Waals surface area contributed by atoms with E-state index < -0.39 is 5.63 Å². The van der Waals surface area contributed by atoms with Crippen LogP contribution in [0.5, 0.6) is 0 Å². The monoisotopic (exact) mass is 302 g/mol. The average Bonchev–Trinajstić information content (AvgIpc) is 3.34. The highest BCUT2D eigenvalue weighted by molar-refractivity contribution is 7.98. The number of nitrogens with one attached hydrogen (secondary N) is 1. The van der Waals surface area contributed by atoms with E-state index in [4.69, 9.17) is 4.42 Å². The van der Waals surface area contributed by atoms with Gasteiger partial charge in [0.25, 0.3) is 0 Å². The zero-order valence-electron chi connectivity index (χ0n) is 11.5. The molecule has 108 valence electrons. The van der Waals surface area contributed by atoms with Crippen molar-refractivity contribution < 1.29 is 9.21 Å². The number of hydrogen-bond donors (Lipinski definition) is 1. The quantitative estimate of drug-likeness (QED) is 0.879. The molecule has 2 aromatic heterocycles. The summed E-state index contributed by atoms with van der Waals surface area (Å²) in [5, 5.41) is 2.69. The first-order valence-electron chi connectivity index (χ1n) is 6.62. The van der Waals surface area contributed by atoms with E-state index in [0.717, 1.165) is 18.4 Å². The third-order valence-electron chi connectivity index (χ3n) is 3.28. The number of aromatic nitrogens is 1. The SMILES string of the molecule is CSc1cc(-c2cccnc2)oc(=O)c1NC(=O)C1CC1. The maximum absolute atomic E-state index is 12.2. The van der Waals surface area contributed by atoms with Gasteiger partial charge in [0.15, 0.2) is 0 Å². The highest BCUT2D eigenvalue weighted by Gasteiger charge is 2.30. The number of amides is 1. The lowest BCUT2D eigenvalue weighted by molar-refractivity contribution is -0.117. The van der Waals surface area contributed by atoms with Crippen LogP contribution in [-0.4, -0.2) is 17.1 Å². The van der Waals surface area contributed by atoms with Crippen molar-refractivity contribution in [3.8, 4) is 11.3 Å². The van der Waals surface area contributed by atoms with Crippen molar-refractivity contribution in [1.29, 1.82) is 0 Å². The first kappa shape index (κ1) is 13.9. The highest BCUT2D eigenvalue weighted by Crippen LogP contribution is 2.32. The van der Waals surface area contributed by atoms with Crippen LogP contribution in [-0.2, 0) is 4.79 Å². The van der Waals surface area contributed by atoms with Crippen molar-refractivity contribution in [2.75, 3.05) is 11.6 Å². The molecule has 0 saturated heterocycles. The van der Waals surface area contributed by atoms with Crippen molar-refractivity contribution in [3.05, 3.63) is 41.0 Å². The smallest absolute Gasteiger partial charge is 0.361 e. The largest absolute Gasteiger partial charge is 0.421 e. The molecule has 5 nitrogen and oxygen atoms in total. The molecule has 1 saturated carbocycles. The first-order valence-corrected chi connectivity index (χ1v) is 7.85. The minimum Gasteiger partial charge on any atom is -0.421 e. The summed E-state index contributed by atoms with van der Waals surface area (Å²) < 4.78 is 5.31. The van der Waals surface area contributed by atoms with Crippen LogP contribution < -0.4 is 10.9 Å². The van der Waals surface area contributed by atoms with Gasteiger partial charge in [0, 0.05) is 28.8 Å². The molecule has 1 amide bonds. The Morgan fingerprint density at radius 3 is 2.90 bits per heavy atom. The van der Waals surface area contributed by atoms with E-state index in [0.29, 0.717) is 10.7 Å². The molecule has 6 heteroatoms. The van der Waals surface area contributed by atoms with Crippen molar-refractivity contribution in [2.24, 2.45) is 5.92 Å². The van der Waals surface area contributed by atoms with E-state index in [9.17, 15) is 9.59 Å². The van der Waals surface area contributed by atoms with Gasteiger partial charge in [-0.1, -0.05) is 0 Å². The van der Waals surface area contributed by atoms with Gasteiger partial charge < -0.3 is 9.73 Å². The lowest BCUT2D eigenvalue weighted by atomic mass is 10.2. The van der Waals surface area contributed by atoms with Crippen LogP contribution in [0.1, 0.15) is 12.8 Å². The Bertz CT molecular complexity index is 723. The average molecular weight is 302 g/mol. The molecule has 3 rings (SSSR count). The van der Waals surface area contributed by atoms with Gasteiger partial charge in [-0.15, -0.1) is 11.8 Å². The number of thioether (sulfide) groups is 1. The van der Waals surface area contributed by atoms with Crippen LogP contribution in [0.3, 0.4) is 0 Å². The number of rotatable bonds is 4. The predicted octanol–water partition coefficient (Wildman–Crippen LogP) is 2.77. The van der Waals surface area contributed by atoms with Crippen molar-refractivity contribution in [2.45, 2.75) is 17.7 Å². The zero-order valence-corrected chi connectivity index (χ0v) is 12.3. The van der Waals surface area contributed by atoms with Gasteiger partial charge in [0.1, 0.15) is 11.4 Å². The van der Waals surface area contributed by atoms with Gasteiger partial charge in [-0.25, -0.2) is 4.79 Å². The Kier molecular flexibility index (Phi) is 3.79. The number of pyridine rings is 1. The van der Waals surface area contributed by atoms with Gasteiger partial charge in [-0.2, -0.15) is 0 Å². The second-order valence-corrected chi connectivity index (χ2v) is 5.69. The minimum atomic E-state index is -0.533. The van der Waals surface area contributed by atoms with E-state index in [1.807, 2.05) is 12.3 Å². The summed E-state index contributed by atoms with van der Waals surface area (Å²) in [6.45, 7) is 0. The molecule has 0 bridgehead atoms. The van der Waals surface area contributed by atoms with Crippen LogP contribution in [0.15, 0.2) is 44.7 Å². The molecule has 0 aliphatic heterocycles. The molecule has 0 spiro atoms. The molecular weight excluding hydrogens is 288 g/mol. The van der Waals surface area contributed by atoms with Gasteiger partial charge in [-0.3, -0.25) is 9.78 Å². The van der Waals surface area contributed by atoms with Crippen LogP contribution >= 0.6 is 11.8 Å². The summed E-state index contributed by atoms with van der Waals surface area (Å²) in [6.07, 6.45) is 6.92. The zero-order chi connectivity index (χ0) is 14.8. The fourth-order valence-electron chi connectivity index (χ4n) is 1.97. The fourth-order valence-corrected chi connectivity index (χ4v) is 2.53. The molecule has 1 fully saturated rings. The molecule has 0 unspecified atom stereocenters. The number of hydrogen-bond acceptors (Lipinski definition) is 5. The van der Waals surface area contributed by atoms with Crippen molar-refractivity contribution in [1.82, 2.24) is 4.98 Å². The molecule has 2 aromatic rings. The minimum absolute atomic E-state index is 0.0390. The van der Waals surface area contributed by atoms with Crippen LogP contribution in [0, 0.1) is 5.92 Å². The molecule has 0 aromatic carbocycles. The standard InChI is InChI=1S/C15H14N2O3S/c1-21-12-7-11(10-3-2-6-16-8-10)20-15(19)13(12)17-14(18)9-4-5-9/h2-3,6-9H,4-5H2,1H3,(H,17,18). The van der Waals surface area contributed by atoms with Gasteiger partial charge in [-0.05, 0) is 37.3 Å². The van der Waals surface area contributed by atoms with Crippen molar-refractivity contribution >= 4 is 23.4 Å². The Labute approximate surface area is 125 Å². The van der Waals surface area contributed by atoms with Gasteiger partial charge in [0.05, 0.1) is 0 Å². The van der Waals surface area contributed by atoms with E-state index in [2.05, 4.69) is 10.3 Å². The Balaban J connectivity index is 1.98. The molecular formula is C15H14N2O3S. The summed E-state index contributed by atoms with van der Waals surface area (Å²) >= 11 is 1.40. The topological polar surface area (TPSA) is 72.2 Å². The molecule has 1 aliphatic carbocycles. The summed E-state index contributed by atoms with van der Waals surface area (Å²) in [7, 11) is 0. The maximum atomic E-state index is 12.2. The second kappa shape index (κ2) is 5.73. The van der Waals surface area contributed by atoms with Crippen LogP contribution in [0.4, 0.5) is 5.69 Å². The first-order chi connectivity index (χ1) is 10.2. The normalized spacial score (nSPS) is 14.0. The summed E-state index contributed by atoms with van der Waals surface area (Å²) in [4.78, 5) is 28.7. The summed E-state index contributed by atoms with van der Waals surface area (Å²) in [5.74, 6) is 0.380. The second-order valence-electron chi connectivity index (χ2n) is 4.85. The molecule has 0 radical (unpaired) electrons. The lowest BCUT2D eigenvalue weighted by Crippen LogP contribution is -2.20. The third kappa shape index (κ3) is 3.00. The number of nitrogens with zero attached hydrogens (tertiary/aromatic N) is 1. The van der Waals surface area contributed by atoms with E-state index >= 15 is 0 Å². The number of carbonyl (C=O) groups excluding carboxylic acids is 1. The summed E-state index contributed by atoms with van der Waals surface area (Å²) in [6, 6.07) is 5.35. The van der Waals surface area contributed by atoms with Crippen LogP contribution in [0.2, 0.25) is 0 Å². The molecule has 21 heavy (non-hydrogen) atoms. The lowest BCUT2D eigenvalue weighted by Gasteiger charge is -2.09. The molecule has 2 heterocycles. The van der Waals surface area contributed by atoms with Gasteiger partial charge >= 0.3 is 5.63 Å². The van der Waals surface area contributed by atoms with Crippen LogP contribution in [0.25, 0.3) is 11.3 Å². The maximum Gasteiger partial charge on any atom is 0.361 e. The van der Waals surface area contributed by atoms with Gasteiger partial charge in [0.2, 0.25) is 5.91 Å². The Hall–Kier alpha value is -2.08. The predicted molar refractivity (Wildman–Crippen MR) is 81.3 cm³/mol. The van der Waals surface area contributed by atoms with E-state index in [-0.39, 0.29) is 17.5 Å². The molecule has 1 N–H and O–H groups in total. The molecule has 1 aliphatic rings. The Morgan fingerprint density at radius 1 is 1.48 bits per heavy atom. The van der Waals surface area contributed by atoms with E-state index in [1.165, 1.54) is 11.8 Å². The fraction of sp³-hybridized carbons (Fsp3) is 0.267. The highest BCUT2D eigenvalue weighted by atomic mass is 32.2. The summed E-state index contributed by atoms with van der Waals surface area (Å²) in [5.41, 5.74) is 0.423. The third-order valence-corrected chi connectivity index (χ3v) is 4.04. The van der Waals surface area contributed by atoms with E-state index in [1.54, 1.807) is 24.5 Å².